The molecule has 30 heavy (non-hydrogen) atoms. The quantitative estimate of drug-likeness (QED) is 0.636. The monoisotopic (exact) mass is 419 g/mol. The average Bonchev–Trinajstić information content (AvgIpc) is 3.39. The van der Waals surface area contributed by atoms with E-state index in [1.165, 1.54) is 6.33 Å². The van der Waals surface area contributed by atoms with Gasteiger partial charge in [0, 0.05) is 34.1 Å². The zero-order chi connectivity index (χ0) is 21.3. The van der Waals surface area contributed by atoms with E-state index in [1.807, 2.05) is 68.1 Å². The van der Waals surface area contributed by atoms with Crippen LogP contribution in [0.2, 0.25) is 5.02 Å². The normalized spacial score (nSPS) is 13.2. The molecule has 0 spiro atoms. The van der Waals surface area contributed by atoms with Crippen LogP contribution in [0.4, 0.5) is 0 Å². The summed E-state index contributed by atoms with van der Waals surface area (Å²) in [5.74, 6) is 3.81. The summed E-state index contributed by atoms with van der Waals surface area (Å²) in [7, 11) is 0. The lowest BCUT2D eigenvalue weighted by molar-refractivity contribution is -0.122. The van der Waals surface area contributed by atoms with Crippen LogP contribution in [-0.2, 0) is 4.79 Å². The third kappa shape index (κ3) is 3.78. The van der Waals surface area contributed by atoms with Gasteiger partial charge in [-0.3, -0.25) is 5.10 Å². The second-order valence-electron chi connectivity index (χ2n) is 7.21. The number of nitrogens with zero attached hydrogens (tertiary/aromatic N) is 4. The summed E-state index contributed by atoms with van der Waals surface area (Å²) in [5, 5.41) is 10.4. The number of aromatic nitrogens is 4. The Morgan fingerprint density at radius 2 is 2.00 bits per heavy atom. The van der Waals surface area contributed by atoms with Crippen LogP contribution in [0.1, 0.15) is 20.8 Å². The minimum absolute atomic E-state index is 0.0997. The molecule has 1 aliphatic rings. The maximum absolute atomic E-state index is 12.1. The molecular weight excluding hydrogens is 400 g/mol. The van der Waals surface area contributed by atoms with Gasteiger partial charge in [-0.1, -0.05) is 43.6 Å². The van der Waals surface area contributed by atoms with E-state index in [2.05, 4.69) is 31.0 Å². The van der Waals surface area contributed by atoms with Gasteiger partial charge in [-0.05, 0) is 13.0 Å². The van der Waals surface area contributed by atoms with E-state index in [-0.39, 0.29) is 11.8 Å². The molecule has 0 unspecified atom stereocenters. The van der Waals surface area contributed by atoms with Crippen molar-refractivity contribution in [2.75, 3.05) is 0 Å². The molecule has 0 radical (unpaired) electrons. The molecule has 150 valence electrons. The van der Waals surface area contributed by atoms with Crippen molar-refractivity contribution < 1.29 is 4.79 Å². The molecule has 4 rings (SSSR count). The van der Waals surface area contributed by atoms with Crippen LogP contribution in [0.3, 0.4) is 0 Å². The van der Waals surface area contributed by atoms with Gasteiger partial charge >= 0.3 is 11.7 Å². The van der Waals surface area contributed by atoms with Gasteiger partial charge in [0.05, 0.1) is 23.3 Å². The molecule has 0 atom stereocenters. The number of halogens is 1. The third-order valence-corrected chi connectivity index (χ3v) is 5.05. The number of benzene rings is 1. The van der Waals surface area contributed by atoms with Crippen LogP contribution in [0.25, 0.3) is 28.2 Å². The number of carbonyl (C=O) groups is 1. The number of amidine groups is 1. The van der Waals surface area contributed by atoms with Gasteiger partial charge in [0.15, 0.2) is 11.7 Å². The van der Waals surface area contributed by atoms with E-state index < -0.39 is 0 Å². The lowest BCUT2D eigenvalue weighted by Gasteiger charge is -2.07. The summed E-state index contributed by atoms with van der Waals surface area (Å²) in [5.41, 5.74) is 4.31. The van der Waals surface area contributed by atoms with E-state index in [1.54, 1.807) is 0 Å². The predicted octanol–water partition coefficient (Wildman–Crippen LogP) is 3.30. The number of carbonyl (C=O) groups excluding carboxylic acids is 1. The zero-order valence-electron chi connectivity index (χ0n) is 16.8. The van der Waals surface area contributed by atoms with Crippen LogP contribution in [0.15, 0.2) is 54.6 Å². The van der Waals surface area contributed by atoms with Gasteiger partial charge in [0.1, 0.15) is 6.33 Å². The molecule has 0 saturated carbocycles. The number of hydrogen-bond donors (Lipinski definition) is 2. The number of allylic oxidation sites excluding steroid dienone is 2. The molecular formula is C22H20ClN6O+. The number of aromatic amines is 1. The number of rotatable bonds is 4. The van der Waals surface area contributed by atoms with Crippen molar-refractivity contribution >= 4 is 34.9 Å². The molecule has 0 aliphatic carbocycles. The fourth-order valence-corrected chi connectivity index (χ4v) is 3.32. The van der Waals surface area contributed by atoms with Crippen molar-refractivity contribution in [1.29, 1.82) is 0 Å². The Kier molecular flexibility index (Phi) is 5.25. The minimum Gasteiger partial charge on any atom is -0.321 e. The molecule has 7 nitrogen and oxygen atoms in total. The highest BCUT2D eigenvalue weighted by molar-refractivity contribution is 6.33. The van der Waals surface area contributed by atoms with Crippen molar-refractivity contribution in [2.24, 2.45) is 5.92 Å². The maximum atomic E-state index is 12.1. The van der Waals surface area contributed by atoms with E-state index in [9.17, 15) is 4.79 Å². The maximum Gasteiger partial charge on any atom is 0.388 e. The van der Waals surface area contributed by atoms with Crippen LogP contribution < -0.4 is 9.98 Å². The molecule has 8 heteroatoms. The molecule has 2 aromatic heterocycles. The van der Waals surface area contributed by atoms with Gasteiger partial charge in [0.25, 0.3) is 0 Å². The molecule has 0 fully saturated rings. The van der Waals surface area contributed by atoms with Crippen LogP contribution in [0, 0.1) is 5.92 Å². The molecule has 1 amide bonds. The molecule has 3 aromatic rings. The van der Waals surface area contributed by atoms with Crippen molar-refractivity contribution in [3.63, 3.8) is 0 Å². The van der Waals surface area contributed by atoms with Gasteiger partial charge in [-0.2, -0.15) is 15.1 Å². The van der Waals surface area contributed by atoms with E-state index in [0.29, 0.717) is 16.7 Å². The van der Waals surface area contributed by atoms with E-state index in [4.69, 9.17) is 11.6 Å². The highest BCUT2D eigenvalue weighted by Gasteiger charge is 2.23. The Balaban J connectivity index is 1.81. The first kappa shape index (κ1) is 19.7. The highest BCUT2D eigenvalue weighted by Crippen LogP contribution is 2.36. The number of hydrogen-bond acceptors (Lipinski definition) is 3. The zero-order valence-corrected chi connectivity index (χ0v) is 17.5. The summed E-state index contributed by atoms with van der Waals surface area (Å²) < 4.78 is 6.17. The number of nitrogens with one attached hydrogen (secondary N) is 2. The summed E-state index contributed by atoms with van der Waals surface area (Å²) >= 11 is 6.47. The minimum atomic E-state index is -0.145. The van der Waals surface area contributed by atoms with Gasteiger partial charge in [-0.25, -0.2) is 9.78 Å². The van der Waals surface area contributed by atoms with Crippen LogP contribution >= 0.6 is 11.6 Å². The molecule has 1 aliphatic heterocycles. The second kappa shape index (κ2) is 8.01. The number of amides is 1. The van der Waals surface area contributed by atoms with E-state index in [0.717, 1.165) is 28.0 Å². The standard InChI is InChI=1S/C22H19ClN6O/c1-13(2)22(30)27-20-8-19(14(3)9-24-20)29-10-16(15-6-4-5-7-18(15)23)17(11-29)21-25-12-26-28-21/h4-8,10-13H,1-3H3,(H,25,26,28)/p+1. The van der Waals surface area contributed by atoms with Crippen molar-refractivity contribution in [3.8, 4) is 22.5 Å². The van der Waals surface area contributed by atoms with Gasteiger partial charge in [0.2, 0.25) is 0 Å². The number of H-pyrrole nitrogens is 1. The van der Waals surface area contributed by atoms with Gasteiger partial charge < -0.3 is 4.57 Å². The summed E-state index contributed by atoms with van der Waals surface area (Å²) in [4.78, 5) is 16.4. The average molecular weight is 420 g/mol. The summed E-state index contributed by atoms with van der Waals surface area (Å²) in [6, 6.07) is 7.64. The molecule has 0 bridgehead atoms. The van der Waals surface area contributed by atoms with E-state index >= 15 is 0 Å². The smallest absolute Gasteiger partial charge is 0.321 e. The first-order valence-electron chi connectivity index (χ1n) is 9.47. The predicted molar refractivity (Wildman–Crippen MR) is 119 cm³/mol. The van der Waals surface area contributed by atoms with Gasteiger partial charge in [-0.15, -0.1) is 0 Å². The van der Waals surface area contributed by atoms with Crippen molar-refractivity contribution in [3.05, 3.63) is 59.7 Å². The Labute approximate surface area is 178 Å². The second-order valence-corrected chi connectivity index (χ2v) is 7.62. The largest absolute Gasteiger partial charge is 0.388 e. The Morgan fingerprint density at radius 3 is 2.70 bits per heavy atom. The molecule has 1 aromatic carbocycles. The third-order valence-electron chi connectivity index (χ3n) is 4.72. The fraction of sp³-hybridized carbons (Fsp3) is 0.182. The Bertz CT molecular complexity index is 1250. The van der Waals surface area contributed by atoms with Crippen LogP contribution in [-0.4, -0.2) is 37.4 Å². The highest BCUT2D eigenvalue weighted by atomic mass is 35.5. The Morgan fingerprint density at radius 1 is 1.23 bits per heavy atom. The molecule has 3 heterocycles. The van der Waals surface area contributed by atoms with Crippen molar-refractivity contribution in [1.82, 2.24) is 29.7 Å². The summed E-state index contributed by atoms with van der Waals surface area (Å²) in [6.07, 6.45) is 7.22. The lowest BCUT2D eigenvalue weighted by atomic mass is 10.0. The first-order chi connectivity index (χ1) is 14.4. The summed E-state index contributed by atoms with van der Waals surface area (Å²) in [6.45, 7) is 5.58. The first-order valence-corrected chi connectivity index (χ1v) is 9.85. The fourth-order valence-electron chi connectivity index (χ4n) is 3.09. The molecule has 2 N–H and O–H groups in total. The SMILES string of the molecule is CC1=C=[N+]=C(NC(=O)C(C)C)C=C1n1cc(-c2ncn[nH]2)c(-c2ccccc2Cl)c1. The van der Waals surface area contributed by atoms with Crippen molar-refractivity contribution in [2.45, 2.75) is 20.8 Å². The van der Waals surface area contributed by atoms with Crippen LogP contribution in [0.5, 0.6) is 0 Å². The molecule has 0 saturated heterocycles. The lowest BCUT2D eigenvalue weighted by Crippen LogP contribution is -2.34. The Hall–Kier alpha value is -3.63. The topological polar surface area (TPSA) is 89.7 Å².